The molecule has 1 aromatic rings. The molecule has 3 unspecified atom stereocenters. The molecule has 1 saturated carbocycles. The molecule has 0 amide bonds. The summed E-state index contributed by atoms with van der Waals surface area (Å²) in [5, 5.41) is 0. The molecular weight excluding hydrogens is 375 g/mol. The Morgan fingerprint density at radius 1 is 1.26 bits per heavy atom. The van der Waals surface area contributed by atoms with E-state index in [-0.39, 0.29) is 6.04 Å². The Bertz CT molecular complexity index is 590. The molecule has 3 atom stereocenters. The minimum absolute atomic E-state index is 0.168. The van der Waals surface area contributed by atoms with Gasteiger partial charge in [-0.1, -0.05) is 6.07 Å². The molecule has 0 radical (unpaired) electrons. The first kappa shape index (κ1) is 13.8. The lowest BCUT2D eigenvalue weighted by atomic mass is 9.98. The van der Waals surface area contributed by atoms with Crippen LogP contribution in [0.25, 0.3) is 0 Å². The monoisotopic (exact) mass is 392 g/mol. The Balaban J connectivity index is 1.87. The number of rotatable bonds is 2. The van der Waals surface area contributed by atoms with Crippen LogP contribution in [0.2, 0.25) is 0 Å². The summed E-state index contributed by atoms with van der Waals surface area (Å²) >= 11 is 2.14. The third kappa shape index (κ3) is 2.43. The molecule has 3 rings (SSSR count). The van der Waals surface area contributed by atoms with Crippen LogP contribution in [-0.2, 0) is 10.0 Å². The fraction of sp³-hybridized carbons (Fsp3) is 0.538. The molecule has 1 aliphatic carbocycles. The van der Waals surface area contributed by atoms with Crippen LogP contribution in [0.15, 0.2) is 29.2 Å². The first-order valence-corrected chi connectivity index (χ1v) is 9.01. The maximum atomic E-state index is 12.6. The topological polar surface area (TPSA) is 63.4 Å². The van der Waals surface area contributed by atoms with Crippen molar-refractivity contribution >= 4 is 32.6 Å². The molecule has 4 nitrogen and oxygen atoms in total. The van der Waals surface area contributed by atoms with E-state index >= 15 is 0 Å². The van der Waals surface area contributed by atoms with E-state index in [2.05, 4.69) is 22.6 Å². The molecule has 104 valence electrons. The second kappa shape index (κ2) is 4.98. The number of hydrogen-bond donors (Lipinski definition) is 1. The average Bonchev–Trinajstić information content (AvgIpc) is 2.92. The van der Waals surface area contributed by atoms with Gasteiger partial charge in [0.1, 0.15) is 0 Å². The van der Waals surface area contributed by atoms with Gasteiger partial charge in [0.05, 0.1) is 4.90 Å². The molecule has 0 spiro atoms. The molecule has 1 heterocycles. The van der Waals surface area contributed by atoms with Crippen molar-refractivity contribution in [1.82, 2.24) is 4.31 Å². The lowest BCUT2D eigenvalue weighted by Gasteiger charge is -2.18. The lowest BCUT2D eigenvalue weighted by Crippen LogP contribution is -2.33. The summed E-state index contributed by atoms with van der Waals surface area (Å²) in [6, 6.07) is 7.25. The summed E-state index contributed by atoms with van der Waals surface area (Å²) in [6.07, 6.45) is 2.09. The Morgan fingerprint density at radius 2 is 2.05 bits per heavy atom. The van der Waals surface area contributed by atoms with Crippen molar-refractivity contribution in [2.45, 2.75) is 23.8 Å². The predicted octanol–water partition coefficient (Wildman–Crippen LogP) is 1.65. The van der Waals surface area contributed by atoms with Gasteiger partial charge in [-0.15, -0.1) is 0 Å². The fourth-order valence-corrected chi connectivity index (χ4v) is 5.57. The van der Waals surface area contributed by atoms with E-state index in [1.54, 1.807) is 22.5 Å². The van der Waals surface area contributed by atoms with E-state index in [1.165, 1.54) is 0 Å². The molecule has 1 aromatic carbocycles. The predicted molar refractivity (Wildman–Crippen MR) is 82.1 cm³/mol. The molecule has 0 aromatic heterocycles. The van der Waals surface area contributed by atoms with E-state index in [1.807, 2.05) is 6.07 Å². The molecule has 2 aliphatic rings. The summed E-state index contributed by atoms with van der Waals surface area (Å²) in [5.41, 5.74) is 6.07. The van der Waals surface area contributed by atoms with Crippen LogP contribution in [0.3, 0.4) is 0 Å². The van der Waals surface area contributed by atoms with Crippen LogP contribution in [0.4, 0.5) is 0 Å². The first-order chi connectivity index (χ1) is 8.98. The van der Waals surface area contributed by atoms with Crippen LogP contribution in [0.5, 0.6) is 0 Å². The number of halogens is 1. The Hall–Kier alpha value is -0.180. The van der Waals surface area contributed by atoms with E-state index in [0.717, 1.165) is 16.4 Å². The highest BCUT2D eigenvalue weighted by Gasteiger charge is 2.44. The van der Waals surface area contributed by atoms with Crippen molar-refractivity contribution in [3.63, 3.8) is 0 Å². The highest BCUT2D eigenvalue weighted by Crippen LogP contribution is 2.39. The average molecular weight is 392 g/mol. The Labute approximate surface area is 127 Å². The minimum atomic E-state index is -3.35. The summed E-state index contributed by atoms with van der Waals surface area (Å²) < 4.78 is 27.8. The van der Waals surface area contributed by atoms with Gasteiger partial charge in [0.25, 0.3) is 0 Å². The normalized spacial score (nSPS) is 31.6. The summed E-state index contributed by atoms with van der Waals surface area (Å²) in [6.45, 7) is 1.21. The van der Waals surface area contributed by atoms with Crippen LogP contribution in [0, 0.1) is 15.4 Å². The van der Waals surface area contributed by atoms with Gasteiger partial charge in [0.2, 0.25) is 10.0 Å². The van der Waals surface area contributed by atoms with Crippen molar-refractivity contribution in [2.75, 3.05) is 13.1 Å². The lowest BCUT2D eigenvalue weighted by molar-refractivity contribution is 0.427. The molecule has 1 aliphatic heterocycles. The zero-order valence-corrected chi connectivity index (χ0v) is 13.5. The van der Waals surface area contributed by atoms with Gasteiger partial charge in [0, 0.05) is 22.7 Å². The quantitative estimate of drug-likeness (QED) is 0.779. The summed E-state index contributed by atoms with van der Waals surface area (Å²) in [5.74, 6) is 0.796. The molecule has 1 saturated heterocycles. The van der Waals surface area contributed by atoms with Crippen molar-refractivity contribution < 1.29 is 8.42 Å². The highest BCUT2D eigenvalue weighted by atomic mass is 127. The van der Waals surface area contributed by atoms with Crippen molar-refractivity contribution in [3.05, 3.63) is 27.8 Å². The van der Waals surface area contributed by atoms with Gasteiger partial charge < -0.3 is 5.73 Å². The molecule has 2 N–H and O–H groups in total. The highest BCUT2D eigenvalue weighted by molar-refractivity contribution is 14.1. The van der Waals surface area contributed by atoms with Gasteiger partial charge in [-0.25, -0.2) is 8.42 Å². The van der Waals surface area contributed by atoms with Gasteiger partial charge in [-0.2, -0.15) is 4.31 Å². The van der Waals surface area contributed by atoms with Gasteiger partial charge in [-0.05, 0) is 65.5 Å². The van der Waals surface area contributed by atoms with Crippen LogP contribution < -0.4 is 5.73 Å². The van der Waals surface area contributed by atoms with Crippen LogP contribution in [0.1, 0.15) is 12.8 Å². The summed E-state index contributed by atoms with van der Waals surface area (Å²) in [7, 11) is -3.35. The smallest absolute Gasteiger partial charge is 0.243 e. The van der Waals surface area contributed by atoms with Crippen LogP contribution >= 0.6 is 22.6 Å². The fourth-order valence-electron chi connectivity index (χ4n) is 3.24. The number of hydrogen-bond acceptors (Lipinski definition) is 3. The maximum Gasteiger partial charge on any atom is 0.243 e. The molecule has 2 fully saturated rings. The van der Waals surface area contributed by atoms with Crippen molar-refractivity contribution in [3.8, 4) is 0 Å². The number of nitrogens with two attached hydrogens (primary N) is 1. The third-order valence-electron chi connectivity index (χ3n) is 4.31. The summed E-state index contributed by atoms with van der Waals surface area (Å²) in [4.78, 5) is 0.396. The minimum Gasteiger partial charge on any atom is -0.327 e. The zero-order chi connectivity index (χ0) is 13.6. The number of sulfonamides is 1. The third-order valence-corrected chi connectivity index (χ3v) is 6.81. The molecule has 6 heteroatoms. The van der Waals surface area contributed by atoms with E-state index < -0.39 is 10.0 Å². The Morgan fingerprint density at radius 3 is 2.74 bits per heavy atom. The number of fused-ring (bicyclic) bond motifs is 1. The largest absolute Gasteiger partial charge is 0.327 e. The molecule has 19 heavy (non-hydrogen) atoms. The first-order valence-electron chi connectivity index (χ1n) is 6.50. The van der Waals surface area contributed by atoms with Gasteiger partial charge in [-0.3, -0.25) is 0 Å². The Kier molecular flexibility index (Phi) is 3.61. The van der Waals surface area contributed by atoms with E-state index in [9.17, 15) is 8.42 Å². The zero-order valence-electron chi connectivity index (χ0n) is 10.5. The van der Waals surface area contributed by atoms with E-state index in [0.29, 0.717) is 29.8 Å². The molecular formula is C13H17IN2O2S. The maximum absolute atomic E-state index is 12.6. The van der Waals surface area contributed by atoms with Crippen molar-refractivity contribution in [2.24, 2.45) is 17.6 Å². The van der Waals surface area contributed by atoms with Crippen molar-refractivity contribution in [1.29, 1.82) is 0 Å². The van der Waals surface area contributed by atoms with Crippen LogP contribution in [-0.4, -0.2) is 31.9 Å². The standard InChI is InChI=1S/C13H17IN2O2S/c14-10-2-1-3-11(6-10)19(17,18)16-7-9-4-5-13(15)12(9)8-16/h1-3,6,9,12-13H,4-5,7-8,15H2. The van der Waals surface area contributed by atoms with Gasteiger partial charge in [0.15, 0.2) is 0 Å². The molecule has 0 bridgehead atoms. The van der Waals surface area contributed by atoms with Gasteiger partial charge >= 0.3 is 0 Å². The second-order valence-corrected chi connectivity index (χ2v) is 8.63. The number of benzene rings is 1. The number of nitrogens with zero attached hydrogens (tertiary/aromatic N) is 1. The van der Waals surface area contributed by atoms with E-state index in [4.69, 9.17) is 5.73 Å². The second-order valence-electron chi connectivity index (χ2n) is 5.44. The SMILES string of the molecule is NC1CCC2CN(S(=O)(=O)c3cccc(I)c3)CC12.